The number of halogens is 1. The van der Waals surface area contributed by atoms with Gasteiger partial charge >= 0.3 is 0 Å². The highest BCUT2D eigenvalue weighted by molar-refractivity contribution is 9.09. The van der Waals surface area contributed by atoms with Gasteiger partial charge in [0.1, 0.15) is 5.78 Å². The van der Waals surface area contributed by atoms with Crippen LogP contribution >= 0.6 is 15.9 Å². The normalized spacial score (nSPS) is 51.8. The molecule has 0 aromatic heterocycles. The maximum absolute atomic E-state index is 12.7. The number of hydrogen-bond acceptors (Lipinski definition) is 3. The summed E-state index contributed by atoms with van der Waals surface area (Å²) in [5.41, 5.74) is 0.103. The van der Waals surface area contributed by atoms with E-state index in [9.17, 15) is 9.90 Å². The van der Waals surface area contributed by atoms with Crippen molar-refractivity contribution in [2.75, 3.05) is 19.0 Å². The number of Topliss-reactive ketones (excluding diaryl/α,β-unsaturated/α-hetero) is 1. The van der Waals surface area contributed by atoms with E-state index in [0.717, 1.165) is 42.9 Å². The number of methoxy groups -OCH3 is 1. The molecule has 0 spiro atoms. The van der Waals surface area contributed by atoms with Gasteiger partial charge in [-0.25, -0.2) is 0 Å². The number of hydrogen-bond donors (Lipinski definition) is 1. The topological polar surface area (TPSA) is 46.5 Å². The van der Waals surface area contributed by atoms with Gasteiger partial charge in [0.15, 0.2) is 0 Å². The minimum Gasteiger partial charge on any atom is -0.387 e. The van der Waals surface area contributed by atoms with E-state index in [1.807, 2.05) is 0 Å². The van der Waals surface area contributed by atoms with E-state index in [-0.39, 0.29) is 11.3 Å². The van der Waals surface area contributed by atoms with Crippen LogP contribution in [-0.2, 0) is 9.53 Å². The lowest BCUT2D eigenvalue weighted by Gasteiger charge is -2.63. The van der Waals surface area contributed by atoms with E-state index in [2.05, 4.69) is 22.9 Å². The van der Waals surface area contributed by atoms with Gasteiger partial charge in [-0.2, -0.15) is 0 Å². The van der Waals surface area contributed by atoms with Crippen LogP contribution in [0.5, 0.6) is 0 Å². The molecule has 5 rings (SSSR count). The summed E-state index contributed by atoms with van der Waals surface area (Å²) in [7, 11) is 1.73. The monoisotopic (exact) mass is 466 g/mol. The maximum Gasteiger partial charge on any atom is 0.147 e. The van der Waals surface area contributed by atoms with Gasteiger partial charge in [0.2, 0.25) is 0 Å². The maximum atomic E-state index is 12.7. The van der Waals surface area contributed by atoms with Crippen molar-refractivity contribution >= 4 is 21.7 Å². The third-order valence-electron chi connectivity index (χ3n) is 10.7. The molecule has 3 nitrogen and oxygen atoms in total. The number of aliphatic hydroxyl groups is 1. The third-order valence-corrected chi connectivity index (χ3v) is 11.2. The summed E-state index contributed by atoms with van der Waals surface area (Å²) in [6.45, 7) is 2.95. The second-order valence-corrected chi connectivity index (χ2v) is 12.2. The second-order valence-electron chi connectivity index (χ2n) is 11.7. The molecule has 29 heavy (non-hydrogen) atoms. The van der Waals surface area contributed by atoms with Gasteiger partial charge in [0, 0.05) is 13.0 Å². The minimum absolute atomic E-state index is 0.231. The summed E-state index contributed by atoms with van der Waals surface area (Å²) >= 11 is 3.46. The Bertz CT molecular complexity index is 662. The molecule has 5 aliphatic rings. The zero-order valence-corrected chi connectivity index (χ0v) is 19.9. The number of carbonyl (C=O) groups excluding carboxylic acids is 1. The van der Waals surface area contributed by atoms with E-state index in [4.69, 9.17) is 4.74 Å². The highest BCUT2D eigenvalue weighted by Crippen LogP contribution is 2.72. The lowest BCUT2D eigenvalue weighted by atomic mass is 9.42. The van der Waals surface area contributed by atoms with Gasteiger partial charge in [0.05, 0.1) is 17.5 Å². The van der Waals surface area contributed by atoms with E-state index in [1.165, 1.54) is 51.4 Å². The van der Waals surface area contributed by atoms with E-state index in [1.54, 1.807) is 7.11 Å². The lowest BCUT2D eigenvalue weighted by molar-refractivity contribution is -0.178. The molecule has 0 heterocycles. The first-order valence-electron chi connectivity index (χ1n) is 12.2. The fourth-order valence-corrected chi connectivity index (χ4v) is 9.89. The Morgan fingerprint density at radius 1 is 1.00 bits per heavy atom. The first-order valence-corrected chi connectivity index (χ1v) is 13.3. The first kappa shape index (κ1) is 20.9. The molecule has 0 bridgehead atoms. The Morgan fingerprint density at radius 2 is 1.76 bits per heavy atom. The Labute approximate surface area is 184 Å². The van der Waals surface area contributed by atoms with Gasteiger partial charge in [-0.05, 0) is 111 Å². The van der Waals surface area contributed by atoms with Crippen molar-refractivity contribution in [2.24, 2.45) is 46.3 Å². The smallest absolute Gasteiger partial charge is 0.147 e. The molecule has 1 N–H and O–H groups in total. The molecule has 8 atom stereocenters. The van der Waals surface area contributed by atoms with Crippen LogP contribution in [0.4, 0.5) is 0 Å². The summed E-state index contributed by atoms with van der Waals surface area (Å²) in [5.74, 6) is 4.69. The molecule has 5 saturated carbocycles. The molecule has 0 saturated heterocycles. The zero-order valence-electron chi connectivity index (χ0n) is 18.3. The van der Waals surface area contributed by atoms with Gasteiger partial charge in [-0.3, -0.25) is 4.79 Å². The standard InChI is InChI=1S/C25H39BrO3/c1-23-10-9-20-18(19(23)7-8-21(23)22(27)14-26)6-5-17-13-24(28,15-29-2)11-12-25(17,20)16-3-4-16/h16-21,28H,3-15H2,1-2H3/t17-,18+,19+,20+,21-,23+,24-,25-/m1/s1. The van der Waals surface area contributed by atoms with Gasteiger partial charge in [-0.15, -0.1) is 0 Å². The average Bonchev–Trinajstić information content (AvgIpc) is 3.49. The van der Waals surface area contributed by atoms with Crippen molar-refractivity contribution in [2.45, 2.75) is 83.2 Å². The van der Waals surface area contributed by atoms with Crippen LogP contribution < -0.4 is 0 Å². The van der Waals surface area contributed by atoms with Crippen LogP contribution in [0.3, 0.4) is 0 Å². The fraction of sp³-hybridized carbons (Fsp3) is 0.960. The van der Waals surface area contributed by atoms with Crippen LogP contribution in [0.2, 0.25) is 0 Å². The Morgan fingerprint density at radius 3 is 2.45 bits per heavy atom. The number of alkyl halides is 1. The molecule has 0 unspecified atom stereocenters. The van der Waals surface area contributed by atoms with E-state index < -0.39 is 5.60 Å². The number of ether oxygens (including phenoxy) is 1. The van der Waals surface area contributed by atoms with E-state index >= 15 is 0 Å². The summed E-state index contributed by atoms with van der Waals surface area (Å²) in [4.78, 5) is 12.7. The van der Waals surface area contributed by atoms with Gasteiger partial charge < -0.3 is 9.84 Å². The third kappa shape index (κ3) is 3.05. The molecule has 5 aliphatic carbocycles. The molecule has 164 valence electrons. The average molecular weight is 467 g/mol. The van der Waals surface area contributed by atoms with Crippen LogP contribution in [0.15, 0.2) is 0 Å². The Kier molecular flexibility index (Phi) is 5.27. The summed E-state index contributed by atoms with van der Waals surface area (Å²) in [5, 5.41) is 11.7. The van der Waals surface area contributed by atoms with E-state index in [0.29, 0.717) is 29.1 Å². The first-order chi connectivity index (χ1) is 13.9. The highest BCUT2D eigenvalue weighted by Gasteiger charge is 2.66. The lowest BCUT2D eigenvalue weighted by Crippen LogP contribution is -2.58. The van der Waals surface area contributed by atoms with Crippen LogP contribution in [0.1, 0.15) is 77.6 Å². The Hall–Kier alpha value is 0.0700. The zero-order chi connectivity index (χ0) is 20.4. The quantitative estimate of drug-likeness (QED) is 0.553. The minimum atomic E-state index is -0.603. The van der Waals surface area contributed by atoms with Crippen LogP contribution in [0.25, 0.3) is 0 Å². The predicted molar refractivity (Wildman–Crippen MR) is 118 cm³/mol. The van der Waals surface area contributed by atoms with Gasteiger partial charge in [-0.1, -0.05) is 22.9 Å². The van der Waals surface area contributed by atoms with Crippen molar-refractivity contribution in [3.8, 4) is 0 Å². The molecule has 0 amide bonds. The second kappa shape index (κ2) is 7.30. The molecule has 5 fully saturated rings. The number of carbonyl (C=O) groups is 1. The molecule has 0 aliphatic heterocycles. The van der Waals surface area contributed by atoms with Crippen molar-refractivity contribution in [1.82, 2.24) is 0 Å². The summed E-state index contributed by atoms with van der Waals surface area (Å²) in [6.07, 6.45) is 13.4. The highest BCUT2D eigenvalue weighted by atomic mass is 79.9. The molecule has 0 radical (unpaired) electrons. The number of fused-ring (bicyclic) bond motifs is 5. The van der Waals surface area contributed by atoms with Gasteiger partial charge in [0.25, 0.3) is 0 Å². The summed E-state index contributed by atoms with van der Waals surface area (Å²) in [6, 6.07) is 0. The number of rotatable bonds is 5. The molecule has 0 aromatic rings. The van der Waals surface area contributed by atoms with Crippen molar-refractivity contribution in [1.29, 1.82) is 0 Å². The van der Waals surface area contributed by atoms with Crippen LogP contribution in [0, 0.1) is 46.3 Å². The fourth-order valence-electron chi connectivity index (χ4n) is 9.50. The largest absolute Gasteiger partial charge is 0.387 e. The van der Waals surface area contributed by atoms with Crippen molar-refractivity contribution in [3.63, 3.8) is 0 Å². The SMILES string of the molecule is COC[C@@]1(O)CC[C@@]2(C3CC3)[C@H](CC[C@H]3[C@@H]4CC[C@H](C(=O)CBr)[C@@]4(C)CC[C@@H]32)C1. The molecular formula is C25H39BrO3. The molecule has 0 aromatic carbocycles. The van der Waals surface area contributed by atoms with Crippen molar-refractivity contribution < 1.29 is 14.6 Å². The predicted octanol–water partition coefficient (Wildman–Crippen LogP) is 5.38. The van der Waals surface area contributed by atoms with Crippen molar-refractivity contribution in [3.05, 3.63) is 0 Å². The Balaban J connectivity index is 1.43. The summed E-state index contributed by atoms with van der Waals surface area (Å²) < 4.78 is 5.41. The molecule has 4 heteroatoms. The van der Waals surface area contributed by atoms with Crippen LogP contribution in [-0.4, -0.2) is 35.5 Å². The number of ketones is 1. The molecular weight excluding hydrogens is 428 g/mol.